The van der Waals surface area contributed by atoms with Crippen molar-refractivity contribution in [1.82, 2.24) is 9.21 Å². The average Bonchev–Trinajstić information content (AvgIpc) is 2.70. The molecule has 1 saturated heterocycles. The van der Waals surface area contributed by atoms with E-state index in [4.69, 9.17) is 4.74 Å². The molecule has 156 valence electrons. The number of piperazine rings is 1. The van der Waals surface area contributed by atoms with Crippen LogP contribution >= 0.6 is 0 Å². The lowest BCUT2D eigenvalue weighted by Gasteiger charge is -2.33. The van der Waals surface area contributed by atoms with Gasteiger partial charge in [0.05, 0.1) is 12.9 Å². The zero-order valence-corrected chi connectivity index (χ0v) is 17.6. The van der Waals surface area contributed by atoms with Crippen molar-refractivity contribution in [2.75, 3.05) is 44.4 Å². The Labute approximate surface area is 172 Å². The molecule has 0 aliphatic carbocycles. The number of rotatable bonds is 7. The molecule has 29 heavy (non-hydrogen) atoms. The number of anilines is 1. The van der Waals surface area contributed by atoms with Crippen LogP contribution in [0.3, 0.4) is 0 Å². The normalized spacial score (nSPS) is 15.8. The van der Waals surface area contributed by atoms with Crippen LogP contribution < -0.4 is 10.1 Å². The maximum Gasteiger partial charge on any atom is 0.255 e. The van der Waals surface area contributed by atoms with Gasteiger partial charge in [-0.15, -0.1) is 0 Å². The van der Waals surface area contributed by atoms with Crippen LogP contribution in [0.15, 0.2) is 48.5 Å². The number of amides is 1. The second-order valence-corrected chi connectivity index (χ2v) is 9.03. The summed E-state index contributed by atoms with van der Waals surface area (Å²) in [4.78, 5) is 14.7. The van der Waals surface area contributed by atoms with E-state index in [1.165, 1.54) is 10.6 Å². The number of carbonyl (C=O) groups excluding carboxylic acids is 1. The maximum atomic E-state index is 12.4. The van der Waals surface area contributed by atoms with Crippen molar-refractivity contribution in [2.45, 2.75) is 13.5 Å². The number of nitrogens with one attached hydrogen (secondary N) is 1. The minimum atomic E-state index is -3.11. The molecule has 7 nitrogen and oxygen atoms in total. The van der Waals surface area contributed by atoms with Crippen LogP contribution in [-0.4, -0.2) is 62.6 Å². The Kier molecular flexibility index (Phi) is 6.89. The van der Waals surface area contributed by atoms with E-state index in [0.29, 0.717) is 44.0 Å². The Balaban J connectivity index is 1.52. The number of nitrogens with zero attached hydrogens (tertiary/aromatic N) is 2. The number of hydrogen-bond donors (Lipinski definition) is 1. The molecule has 0 aromatic heterocycles. The van der Waals surface area contributed by atoms with Gasteiger partial charge in [0, 0.05) is 44.0 Å². The lowest BCUT2D eigenvalue weighted by atomic mass is 10.1. The van der Waals surface area contributed by atoms with E-state index in [2.05, 4.69) is 10.2 Å². The van der Waals surface area contributed by atoms with Crippen LogP contribution in [-0.2, 0) is 16.6 Å². The highest BCUT2D eigenvalue weighted by molar-refractivity contribution is 7.88. The molecule has 1 N–H and O–H groups in total. The van der Waals surface area contributed by atoms with Crippen LogP contribution in [0, 0.1) is 0 Å². The van der Waals surface area contributed by atoms with Crippen LogP contribution in [0.25, 0.3) is 0 Å². The van der Waals surface area contributed by atoms with E-state index in [-0.39, 0.29) is 5.91 Å². The predicted octanol–water partition coefficient (Wildman–Crippen LogP) is 2.41. The van der Waals surface area contributed by atoms with E-state index in [1.807, 2.05) is 55.5 Å². The first-order valence-electron chi connectivity index (χ1n) is 9.66. The van der Waals surface area contributed by atoms with Crippen molar-refractivity contribution in [2.24, 2.45) is 0 Å². The SMILES string of the molecule is CCOc1ccc(NC(=O)c2ccc(CN3CCN(S(C)(=O)=O)CC3)cc2)cc1. The molecular formula is C21H27N3O4S. The Morgan fingerprint density at radius 3 is 2.17 bits per heavy atom. The zero-order valence-electron chi connectivity index (χ0n) is 16.8. The molecule has 0 unspecified atom stereocenters. The molecule has 0 radical (unpaired) electrons. The van der Waals surface area contributed by atoms with Gasteiger partial charge in [-0.1, -0.05) is 12.1 Å². The van der Waals surface area contributed by atoms with E-state index < -0.39 is 10.0 Å². The molecule has 1 amide bonds. The van der Waals surface area contributed by atoms with Crippen LogP contribution in [0.2, 0.25) is 0 Å². The van der Waals surface area contributed by atoms with Crippen LogP contribution in [0.1, 0.15) is 22.8 Å². The minimum Gasteiger partial charge on any atom is -0.494 e. The second kappa shape index (κ2) is 9.39. The Morgan fingerprint density at radius 2 is 1.62 bits per heavy atom. The molecule has 0 bridgehead atoms. The fraction of sp³-hybridized carbons (Fsp3) is 0.381. The number of carbonyl (C=O) groups is 1. The van der Waals surface area contributed by atoms with Crippen LogP contribution in [0.4, 0.5) is 5.69 Å². The summed E-state index contributed by atoms with van der Waals surface area (Å²) in [7, 11) is -3.11. The highest BCUT2D eigenvalue weighted by Crippen LogP contribution is 2.17. The third-order valence-electron chi connectivity index (χ3n) is 4.85. The van der Waals surface area contributed by atoms with E-state index >= 15 is 0 Å². The fourth-order valence-electron chi connectivity index (χ4n) is 3.24. The first-order valence-corrected chi connectivity index (χ1v) is 11.5. The number of ether oxygens (including phenoxy) is 1. The summed E-state index contributed by atoms with van der Waals surface area (Å²) >= 11 is 0. The predicted molar refractivity (Wildman–Crippen MR) is 114 cm³/mol. The van der Waals surface area contributed by atoms with Gasteiger partial charge in [-0.25, -0.2) is 8.42 Å². The summed E-state index contributed by atoms with van der Waals surface area (Å²) in [6, 6.07) is 14.8. The van der Waals surface area contributed by atoms with Gasteiger partial charge in [0.2, 0.25) is 10.0 Å². The Bertz CT molecular complexity index is 919. The first kappa shape index (κ1) is 21.3. The molecule has 1 aliphatic rings. The summed E-state index contributed by atoms with van der Waals surface area (Å²) in [5, 5.41) is 2.88. The van der Waals surface area contributed by atoms with Crippen molar-refractivity contribution in [3.8, 4) is 5.75 Å². The quantitative estimate of drug-likeness (QED) is 0.749. The van der Waals surface area contributed by atoms with Crippen molar-refractivity contribution in [3.63, 3.8) is 0 Å². The molecule has 1 aliphatic heterocycles. The summed E-state index contributed by atoms with van der Waals surface area (Å²) in [5.74, 6) is 0.606. The van der Waals surface area contributed by atoms with Gasteiger partial charge in [-0.05, 0) is 48.9 Å². The molecule has 1 fully saturated rings. The lowest BCUT2D eigenvalue weighted by molar-refractivity contribution is 0.102. The topological polar surface area (TPSA) is 79.0 Å². The van der Waals surface area contributed by atoms with Gasteiger partial charge in [0.25, 0.3) is 5.91 Å². The standard InChI is InChI=1S/C21H27N3O4S/c1-3-28-20-10-8-19(9-11-20)22-21(25)18-6-4-17(5-7-18)16-23-12-14-24(15-13-23)29(2,26)27/h4-11H,3,12-16H2,1-2H3,(H,22,25). The van der Waals surface area contributed by atoms with Gasteiger partial charge in [0.15, 0.2) is 0 Å². The van der Waals surface area contributed by atoms with Crippen LogP contribution in [0.5, 0.6) is 5.75 Å². The van der Waals surface area contributed by atoms with Gasteiger partial charge in [-0.3, -0.25) is 9.69 Å². The third-order valence-corrected chi connectivity index (χ3v) is 6.15. The van der Waals surface area contributed by atoms with Crippen molar-refractivity contribution in [3.05, 3.63) is 59.7 Å². The van der Waals surface area contributed by atoms with Crippen molar-refractivity contribution < 1.29 is 17.9 Å². The van der Waals surface area contributed by atoms with Crippen molar-refractivity contribution in [1.29, 1.82) is 0 Å². The molecule has 0 saturated carbocycles. The maximum absolute atomic E-state index is 12.4. The Hall–Kier alpha value is -2.42. The number of hydrogen-bond acceptors (Lipinski definition) is 5. The van der Waals surface area contributed by atoms with E-state index in [1.54, 1.807) is 0 Å². The zero-order chi connectivity index (χ0) is 20.9. The summed E-state index contributed by atoms with van der Waals surface area (Å²) in [6.07, 6.45) is 1.25. The third kappa shape index (κ3) is 6.03. The summed E-state index contributed by atoms with van der Waals surface area (Å²) in [6.45, 7) is 5.70. The second-order valence-electron chi connectivity index (χ2n) is 7.05. The number of sulfonamides is 1. The number of benzene rings is 2. The fourth-order valence-corrected chi connectivity index (χ4v) is 4.07. The largest absolute Gasteiger partial charge is 0.494 e. The lowest BCUT2D eigenvalue weighted by Crippen LogP contribution is -2.47. The molecule has 2 aromatic carbocycles. The van der Waals surface area contributed by atoms with E-state index in [0.717, 1.165) is 17.9 Å². The molecule has 0 atom stereocenters. The molecule has 1 heterocycles. The van der Waals surface area contributed by atoms with Gasteiger partial charge in [0.1, 0.15) is 5.75 Å². The van der Waals surface area contributed by atoms with Gasteiger partial charge in [-0.2, -0.15) is 4.31 Å². The van der Waals surface area contributed by atoms with Gasteiger partial charge < -0.3 is 10.1 Å². The Morgan fingerprint density at radius 1 is 1.00 bits per heavy atom. The average molecular weight is 418 g/mol. The van der Waals surface area contributed by atoms with E-state index in [9.17, 15) is 13.2 Å². The monoisotopic (exact) mass is 417 g/mol. The summed E-state index contributed by atoms with van der Waals surface area (Å²) < 4.78 is 30.1. The highest BCUT2D eigenvalue weighted by Gasteiger charge is 2.23. The van der Waals surface area contributed by atoms with Gasteiger partial charge >= 0.3 is 0 Å². The molecule has 3 rings (SSSR count). The molecule has 2 aromatic rings. The molecule has 8 heteroatoms. The van der Waals surface area contributed by atoms with Crippen molar-refractivity contribution >= 4 is 21.6 Å². The first-order chi connectivity index (χ1) is 13.8. The molecule has 0 spiro atoms. The highest BCUT2D eigenvalue weighted by atomic mass is 32.2. The minimum absolute atomic E-state index is 0.164. The molecular weight excluding hydrogens is 390 g/mol. The smallest absolute Gasteiger partial charge is 0.255 e. The summed E-state index contributed by atoms with van der Waals surface area (Å²) in [5.41, 5.74) is 2.39.